The molecule has 0 unspecified atom stereocenters. The largest absolute Gasteiger partial charge is 0.357 e. The zero-order valence-electron chi connectivity index (χ0n) is 12.2. The number of carbonyl (C=O) groups is 1. The highest BCUT2D eigenvalue weighted by atomic mass is 35.5. The summed E-state index contributed by atoms with van der Waals surface area (Å²) in [6, 6.07) is 7.15. The van der Waals surface area contributed by atoms with Crippen molar-refractivity contribution in [1.82, 2.24) is 9.97 Å². The molecule has 1 saturated heterocycles. The second-order valence-corrected chi connectivity index (χ2v) is 6.22. The van der Waals surface area contributed by atoms with Gasteiger partial charge < -0.3 is 10.2 Å². The molecule has 1 aliphatic heterocycles. The van der Waals surface area contributed by atoms with Gasteiger partial charge in [0, 0.05) is 17.7 Å². The van der Waals surface area contributed by atoms with Crippen molar-refractivity contribution >= 4 is 29.0 Å². The number of nitrogens with one attached hydrogen (secondary N) is 1. The number of benzene rings is 1. The Balaban J connectivity index is 1.45. The van der Waals surface area contributed by atoms with Gasteiger partial charge in [-0.25, -0.2) is 14.4 Å². The molecule has 2 heterocycles. The molecular weight excluding hydrogens is 319 g/mol. The molecular formula is C16H14ClFN4O. The van der Waals surface area contributed by atoms with Crippen LogP contribution in [0.5, 0.6) is 0 Å². The lowest BCUT2D eigenvalue weighted by Crippen LogP contribution is -2.60. The number of hydrogen-bond acceptors (Lipinski definition) is 4. The number of carbonyl (C=O) groups excluding carboxylic acids is 1. The van der Waals surface area contributed by atoms with Crippen LogP contribution in [0.4, 0.5) is 15.9 Å². The van der Waals surface area contributed by atoms with Gasteiger partial charge in [-0.1, -0.05) is 11.6 Å². The molecule has 23 heavy (non-hydrogen) atoms. The molecule has 118 valence electrons. The minimum Gasteiger partial charge on any atom is -0.357 e. The standard InChI is InChI=1S/C16H14ClFN4O/c17-13-7-14(21-15(20-13)9-1-2-9)19-12-8-22(16(12)23)11-5-3-10(18)4-6-11/h3-7,9,12H,1-2,8H2,(H,19,20,21)/t12-/m1/s1. The minimum atomic E-state index is -0.349. The van der Waals surface area contributed by atoms with E-state index in [1.807, 2.05) is 0 Å². The Kier molecular flexibility index (Phi) is 3.41. The molecule has 2 aromatic rings. The molecule has 0 radical (unpaired) electrons. The van der Waals surface area contributed by atoms with Crippen molar-refractivity contribution in [3.63, 3.8) is 0 Å². The number of rotatable bonds is 4. The van der Waals surface area contributed by atoms with Gasteiger partial charge in [-0.15, -0.1) is 0 Å². The van der Waals surface area contributed by atoms with E-state index in [-0.39, 0.29) is 17.8 Å². The fourth-order valence-electron chi connectivity index (χ4n) is 2.60. The molecule has 1 amide bonds. The number of anilines is 2. The lowest BCUT2D eigenvalue weighted by molar-refractivity contribution is -0.123. The van der Waals surface area contributed by atoms with Crippen molar-refractivity contribution in [3.05, 3.63) is 47.1 Å². The molecule has 2 fully saturated rings. The number of amides is 1. The smallest absolute Gasteiger partial charge is 0.251 e. The van der Waals surface area contributed by atoms with Gasteiger partial charge in [0.2, 0.25) is 0 Å². The monoisotopic (exact) mass is 332 g/mol. The molecule has 5 nitrogen and oxygen atoms in total. The van der Waals surface area contributed by atoms with E-state index >= 15 is 0 Å². The average Bonchev–Trinajstić information content (AvgIpc) is 3.36. The predicted molar refractivity (Wildman–Crippen MR) is 85.2 cm³/mol. The molecule has 1 N–H and O–H groups in total. The van der Waals surface area contributed by atoms with Crippen molar-refractivity contribution in [3.8, 4) is 0 Å². The number of halogens is 2. The Hall–Kier alpha value is -2.21. The van der Waals surface area contributed by atoms with Crippen LogP contribution in [0.1, 0.15) is 24.6 Å². The van der Waals surface area contributed by atoms with E-state index in [0.717, 1.165) is 18.7 Å². The molecule has 7 heteroatoms. The third-order valence-electron chi connectivity index (χ3n) is 4.04. The van der Waals surface area contributed by atoms with Crippen molar-refractivity contribution in [1.29, 1.82) is 0 Å². The Morgan fingerprint density at radius 1 is 1.22 bits per heavy atom. The Morgan fingerprint density at radius 2 is 1.96 bits per heavy atom. The topological polar surface area (TPSA) is 58.1 Å². The van der Waals surface area contributed by atoms with Crippen LogP contribution in [0.25, 0.3) is 0 Å². The fraction of sp³-hybridized carbons (Fsp3) is 0.312. The summed E-state index contributed by atoms with van der Waals surface area (Å²) in [4.78, 5) is 22.5. The minimum absolute atomic E-state index is 0.0701. The lowest BCUT2D eigenvalue weighted by Gasteiger charge is -2.38. The molecule has 2 aliphatic rings. The lowest BCUT2D eigenvalue weighted by atomic mass is 10.1. The van der Waals surface area contributed by atoms with Crippen LogP contribution in [0.2, 0.25) is 5.15 Å². The van der Waals surface area contributed by atoms with Gasteiger partial charge in [0.25, 0.3) is 5.91 Å². The van der Waals surface area contributed by atoms with Gasteiger partial charge in [-0.3, -0.25) is 4.79 Å². The van der Waals surface area contributed by atoms with Crippen LogP contribution in [-0.2, 0) is 4.79 Å². The SMILES string of the molecule is O=C1[C@H](Nc2cc(Cl)nc(C3CC3)n2)CN1c1ccc(F)cc1. The molecule has 1 atom stereocenters. The van der Waals surface area contributed by atoms with E-state index < -0.39 is 0 Å². The van der Waals surface area contributed by atoms with Gasteiger partial charge in [-0.2, -0.15) is 0 Å². The number of β-lactam (4-membered cyclic amide) rings is 1. The van der Waals surface area contributed by atoms with Gasteiger partial charge >= 0.3 is 0 Å². The first kappa shape index (κ1) is 14.4. The van der Waals surface area contributed by atoms with Crippen LogP contribution >= 0.6 is 11.6 Å². The van der Waals surface area contributed by atoms with Crippen molar-refractivity contribution in [2.75, 3.05) is 16.8 Å². The zero-order valence-corrected chi connectivity index (χ0v) is 12.9. The van der Waals surface area contributed by atoms with Gasteiger partial charge in [-0.05, 0) is 37.1 Å². The second kappa shape index (κ2) is 5.45. The maximum atomic E-state index is 12.9. The van der Waals surface area contributed by atoms with E-state index in [2.05, 4.69) is 15.3 Å². The maximum absolute atomic E-state index is 12.9. The Morgan fingerprint density at radius 3 is 2.61 bits per heavy atom. The normalized spacial score (nSPS) is 20.3. The van der Waals surface area contributed by atoms with Crippen molar-refractivity contribution in [2.45, 2.75) is 24.8 Å². The fourth-order valence-corrected chi connectivity index (χ4v) is 2.79. The van der Waals surface area contributed by atoms with Gasteiger partial charge in [0.05, 0.1) is 6.54 Å². The third-order valence-corrected chi connectivity index (χ3v) is 4.24. The summed E-state index contributed by atoms with van der Waals surface area (Å²) in [5, 5.41) is 3.48. The quantitative estimate of drug-likeness (QED) is 0.691. The molecule has 1 aromatic heterocycles. The van der Waals surface area contributed by atoms with E-state index in [4.69, 9.17) is 11.6 Å². The third kappa shape index (κ3) is 2.86. The number of hydrogen-bond donors (Lipinski definition) is 1. The highest BCUT2D eigenvalue weighted by molar-refractivity contribution is 6.29. The van der Waals surface area contributed by atoms with Crippen LogP contribution < -0.4 is 10.2 Å². The molecule has 1 saturated carbocycles. The van der Waals surface area contributed by atoms with Crippen LogP contribution in [0.3, 0.4) is 0 Å². The first-order valence-electron chi connectivity index (χ1n) is 7.48. The predicted octanol–water partition coefficient (Wildman–Crippen LogP) is 2.97. The Labute approximate surface area is 137 Å². The van der Waals surface area contributed by atoms with Crippen LogP contribution in [0, 0.1) is 5.82 Å². The maximum Gasteiger partial charge on any atom is 0.251 e. The summed E-state index contributed by atoms with van der Waals surface area (Å²) in [6.07, 6.45) is 2.17. The van der Waals surface area contributed by atoms with E-state index in [0.29, 0.717) is 29.1 Å². The van der Waals surface area contributed by atoms with E-state index in [1.54, 1.807) is 23.1 Å². The molecule has 1 aliphatic carbocycles. The van der Waals surface area contributed by atoms with E-state index in [1.165, 1.54) is 12.1 Å². The molecule has 4 rings (SSSR count). The summed E-state index contributed by atoms with van der Waals surface area (Å²) in [6.45, 7) is 0.505. The first-order chi connectivity index (χ1) is 11.1. The summed E-state index contributed by atoms with van der Waals surface area (Å²) >= 11 is 6.02. The van der Waals surface area contributed by atoms with Gasteiger partial charge in [0.15, 0.2) is 0 Å². The van der Waals surface area contributed by atoms with Crippen molar-refractivity contribution < 1.29 is 9.18 Å². The molecule has 0 spiro atoms. The molecule has 0 bridgehead atoms. The summed E-state index contributed by atoms with van der Waals surface area (Å²) in [7, 11) is 0. The summed E-state index contributed by atoms with van der Waals surface area (Å²) in [5.74, 6) is 1.31. The Bertz CT molecular complexity index is 763. The number of nitrogens with zero attached hydrogens (tertiary/aromatic N) is 3. The van der Waals surface area contributed by atoms with Gasteiger partial charge in [0.1, 0.15) is 28.7 Å². The second-order valence-electron chi connectivity index (χ2n) is 5.83. The number of aromatic nitrogens is 2. The van der Waals surface area contributed by atoms with E-state index in [9.17, 15) is 9.18 Å². The zero-order chi connectivity index (χ0) is 16.0. The highest BCUT2D eigenvalue weighted by Gasteiger charge is 2.38. The first-order valence-corrected chi connectivity index (χ1v) is 7.86. The van der Waals surface area contributed by atoms with Crippen LogP contribution in [0.15, 0.2) is 30.3 Å². The van der Waals surface area contributed by atoms with Crippen molar-refractivity contribution in [2.24, 2.45) is 0 Å². The molecule has 1 aromatic carbocycles. The average molecular weight is 333 g/mol. The van der Waals surface area contributed by atoms with Crippen LogP contribution in [-0.4, -0.2) is 28.5 Å². The summed E-state index contributed by atoms with van der Waals surface area (Å²) in [5.41, 5.74) is 0.689. The summed E-state index contributed by atoms with van der Waals surface area (Å²) < 4.78 is 12.9. The highest BCUT2D eigenvalue weighted by Crippen LogP contribution is 2.39.